The molecule has 0 fully saturated rings. The Bertz CT molecular complexity index is 15.5. The fourth-order valence-electron chi connectivity index (χ4n) is 0. The van der Waals surface area contributed by atoms with Crippen LogP contribution < -0.4 is 0 Å². The van der Waals surface area contributed by atoms with Crippen molar-refractivity contribution in [1.29, 1.82) is 0 Å². The zero-order chi connectivity index (χ0) is 2.71. The molecule has 0 saturated carbocycles. The third-order valence-corrected chi connectivity index (χ3v) is 0. The fourth-order valence-corrected chi connectivity index (χ4v) is 0. The number of hydrogen-bond donors (Lipinski definition) is 0. The molecule has 0 unspecified atom stereocenters. The van der Waals surface area contributed by atoms with Crippen molar-refractivity contribution in [2.45, 2.75) is 0 Å². The summed E-state index contributed by atoms with van der Waals surface area (Å²) in [6.07, 6.45) is 0. The zero-order valence-corrected chi connectivity index (χ0v) is 6.34. The van der Waals surface area contributed by atoms with E-state index in [1.54, 1.807) is 0 Å². The number of hydrogen-bond acceptors (Lipinski definition) is 1. The van der Waals surface area contributed by atoms with Crippen molar-refractivity contribution in [3.8, 4) is 0 Å². The third kappa shape index (κ3) is 11.7. The van der Waals surface area contributed by atoms with Crippen molar-refractivity contribution >= 4 is 26.9 Å². The van der Waals surface area contributed by atoms with E-state index < -0.39 is 0 Å². The smallest absolute Gasteiger partial charge is 0.531 e. The summed E-state index contributed by atoms with van der Waals surface area (Å²) in [4.78, 5) is 8.67. The molecule has 0 aliphatic carbocycles. The van der Waals surface area contributed by atoms with Crippen LogP contribution in [0.5, 0.6) is 0 Å². The van der Waals surface area contributed by atoms with Crippen molar-refractivity contribution < 1.29 is 24.6 Å². The van der Waals surface area contributed by atoms with Gasteiger partial charge in [0.15, 0.2) is 0 Å². The summed E-state index contributed by atoms with van der Waals surface area (Å²) in [7, 11) is 0. The molecular formula is CIOOs. The minimum Gasteiger partial charge on any atom is -0.531 e. The summed E-state index contributed by atoms with van der Waals surface area (Å²) in [6, 6.07) is 0. The molecule has 1 radical (unpaired) electrons. The number of halogens is 1. The monoisotopic (exact) mass is 347 g/mol. The van der Waals surface area contributed by atoms with E-state index >= 15 is 0 Å². The van der Waals surface area contributed by atoms with Gasteiger partial charge in [-0.15, -0.1) is 0 Å². The van der Waals surface area contributed by atoms with Gasteiger partial charge in [0.05, 0.1) is 0 Å². The summed E-state index contributed by atoms with van der Waals surface area (Å²) in [5, 5.41) is 0. The summed E-state index contributed by atoms with van der Waals surface area (Å²) in [6.45, 7) is 0. The molecule has 0 aromatic rings. The predicted molar refractivity (Wildman–Crippen MR) is 19.7 cm³/mol. The van der Waals surface area contributed by atoms with Crippen molar-refractivity contribution in [1.82, 2.24) is 0 Å². The first-order chi connectivity index (χ1) is 1.41. The summed E-state index contributed by atoms with van der Waals surface area (Å²) in [5.74, 6) is 0. The van der Waals surface area contributed by atoms with Crippen LogP contribution in [0, 0.1) is 0 Å². The predicted octanol–water partition coefficient (Wildman–Crippen LogP) is 0.486. The van der Waals surface area contributed by atoms with Gasteiger partial charge in [0.1, 0.15) is 0 Å². The maximum atomic E-state index is 8.67. The topological polar surface area (TPSA) is 17.1 Å². The molecule has 3 heteroatoms. The molecule has 0 aromatic heterocycles. The number of carbonyl (C=O) groups excluding carboxylic acids is 1. The van der Waals surface area contributed by atoms with Gasteiger partial charge < -0.3 is 4.79 Å². The molecule has 1 nitrogen and oxygen atoms in total. The summed E-state index contributed by atoms with van der Waals surface area (Å²) >= 11 is 1.48. The van der Waals surface area contributed by atoms with E-state index in [0.29, 0.717) is 0 Å². The molecular weight excluding hydrogens is 345 g/mol. The van der Waals surface area contributed by atoms with Crippen molar-refractivity contribution in [2.75, 3.05) is 0 Å². The minimum absolute atomic E-state index is 0. The Balaban J connectivity index is 0. The van der Waals surface area contributed by atoms with Gasteiger partial charge in [-0.2, -0.15) is 4.29 Å². The van der Waals surface area contributed by atoms with E-state index in [4.69, 9.17) is 4.79 Å². The molecule has 4 heavy (non-hydrogen) atoms. The Morgan fingerprint density at radius 2 is 1.75 bits per heavy atom. The molecule has 0 atom stereocenters. The van der Waals surface area contributed by atoms with Crippen LogP contribution in [0.4, 0.5) is 0 Å². The molecule has 0 amide bonds. The Labute approximate surface area is 51.3 Å². The summed E-state index contributed by atoms with van der Waals surface area (Å²) < 4.78 is 1.47. The zero-order valence-electron chi connectivity index (χ0n) is 1.64. The van der Waals surface area contributed by atoms with E-state index in [1.165, 1.54) is 26.9 Å². The average Bonchev–Trinajstić information content (AvgIpc) is 0.918. The van der Waals surface area contributed by atoms with Gasteiger partial charge in [0, 0.05) is 0 Å². The van der Waals surface area contributed by atoms with Gasteiger partial charge in [-0.3, -0.25) is 22.6 Å². The Morgan fingerprint density at radius 3 is 1.75 bits per heavy atom. The van der Waals surface area contributed by atoms with Crippen LogP contribution in [0.2, 0.25) is 0 Å². The van der Waals surface area contributed by atoms with Crippen LogP contribution in [0.25, 0.3) is 0 Å². The van der Waals surface area contributed by atoms with E-state index in [1.807, 2.05) is 0 Å². The molecule has 0 spiro atoms. The molecule has 0 aliphatic heterocycles. The molecule has 0 saturated heterocycles. The Hall–Kier alpha value is 1.04. The summed E-state index contributed by atoms with van der Waals surface area (Å²) in [5.41, 5.74) is 0. The molecule has 0 aliphatic rings. The minimum atomic E-state index is 0. The Morgan fingerprint density at radius 1 is 1.75 bits per heavy atom. The van der Waals surface area contributed by atoms with Crippen LogP contribution in [0.15, 0.2) is 0 Å². The normalized spacial score (nSPS) is 3.25. The second-order valence-corrected chi connectivity index (χ2v) is 0.518. The second kappa shape index (κ2) is 8.97. The first-order valence-corrected chi connectivity index (χ1v) is 1.47. The third-order valence-electron chi connectivity index (χ3n) is 0. The van der Waals surface area contributed by atoms with E-state index in [9.17, 15) is 0 Å². The van der Waals surface area contributed by atoms with Gasteiger partial charge in [-0.05, 0) is 0 Å². The van der Waals surface area contributed by atoms with E-state index in [2.05, 4.69) is 0 Å². The first-order valence-electron chi connectivity index (χ1n) is 0.393. The maximum Gasteiger partial charge on any atom is 1.00 e. The standard InChI is InChI=1S/CIO.Os/c2-1-3;/q-1;+1. The van der Waals surface area contributed by atoms with Gasteiger partial charge in [0.25, 0.3) is 0 Å². The molecule has 0 bridgehead atoms. The first kappa shape index (κ1) is 8.90. The fraction of sp³-hybridized carbons (Fsp3) is 0. The van der Waals surface area contributed by atoms with Crippen LogP contribution >= 0.6 is 22.6 Å². The molecule has 0 heterocycles. The van der Waals surface area contributed by atoms with Crippen molar-refractivity contribution in [3.63, 3.8) is 0 Å². The van der Waals surface area contributed by atoms with Crippen LogP contribution in [0.3, 0.4) is 0 Å². The van der Waals surface area contributed by atoms with Crippen LogP contribution in [-0.2, 0) is 24.6 Å². The molecule has 0 rings (SSSR count). The SMILES string of the molecule is O=[C-]I.[Os+]. The molecule has 0 N–H and O–H groups in total. The van der Waals surface area contributed by atoms with Crippen molar-refractivity contribution in [3.05, 3.63) is 0 Å². The second-order valence-electron chi connectivity index (χ2n) is 0.0772. The molecule has 0 aromatic carbocycles. The Kier molecular flexibility index (Phi) is 20.0. The van der Waals surface area contributed by atoms with Crippen LogP contribution in [-0.4, -0.2) is 4.29 Å². The van der Waals surface area contributed by atoms with Gasteiger partial charge >= 0.3 is 19.8 Å². The van der Waals surface area contributed by atoms with Gasteiger partial charge in [-0.25, -0.2) is 0 Å². The van der Waals surface area contributed by atoms with E-state index in [-0.39, 0.29) is 19.8 Å². The van der Waals surface area contributed by atoms with E-state index in [0.717, 1.165) is 0 Å². The molecule has 25 valence electrons. The quantitative estimate of drug-likeness (QED) is 0.355. The largest absolute Gasteiger partial charge is 1.00 e. The average molecular weight is 345 g/mol. The number of rotatable bonds is 0. The van der Waals surface area contributed by atoms with Gasteiger partial charge in [0.2, 0.25) is 0 Å². The maximum absolute atomic E-state index is 8.67. The van der Waals surface area contributed by atoms with Crippen molar-refractivity contribution in [2.24, 2.45) is 0 Å². The van der Waals surface area contributed by atoms with Crippen LogP contribution in [0.1, 0.15) is 0 Å². The van der Waals surface area contributed by atoms with Gasteiger partial charge in [-0.1, -0.05) is 0 Å².